The van der Waals surface area contributed by atoms with Crippen molar-refractivity contribution in [3.05, 3.63) is 95.8 Å². The van der Waals surface area contributed by atoms with Crippen LogP contribution in [-0.2, 0) is 13.2 Å². The molecule has 0 spiro atoms. The lowest BCUT2D eigenvalue weighted by Crippen LogP contribution is -2.11. The quantitative estimate of drug-likeness (QED) is 0.273. The van der Waals surface area contributed by atoms with Gasteiger partial charge in [0, 0.05) is 11.8 Å². The number of rotatable bonds is 12. The number of aromatic nitrogens is 2. The molecule has 0 aliphatic rings. The minimum absolute atomic E-state index is 0.207. The van der Waals surface area contributed by atoms with Crippen LogP contribution >= 0.6 is 0 Å². The van der Waals surface area contributed by atoms with E-state index in [0.29, 0.717) is 43.4 Å². The molecule has 0 radical (unpaired) electrons. The van der Waals surface area contributed by atoms with Gasteiger partial charge >= 0.3 is 0 Å². The van der Waals surface area contributed by atoms with Gasteiger partial charge in [0.25, 0.3) is 5.91 Å². The van der Waals surface area contributed by atoms with Crippen molar-refractivity contribution in [2.75, 3.05) is 25.6 Å². The number of hydrogen-bond donors (Lipinski definition) is 1. The van der Waals surface area contributed by atoms with Gasteiger partial charge in [-0.15, -0.1) is 0 Å². The van der Waals surface area contributed by atoms with Gasteiger partial charge in [-0.3, -0.25) is 9.48 Å². The molecule has 0 aliphatic carbocycles. The highest BCUT2D eigenvalue weighted by Crippen LogP contribution is 2.29. The average Bonchev–Trinajstić information content (AvgIpc) is 3.36. The summed E-state index contributed by atoms with van der Waals surface area (Å²) in [7, 11) is 1.63. The maximum Gasteiger partial charge on any atom is 0.255 e. The van der Waals surface area contributed by atoms with E-state index in [0.717, 1.165) is 28.4 Å². The molecule has 0 saturated carbocycles. The van der Waals surface area contributed by atoms with Crippen molar-refractivity contribution in [1.82, 2.24) is 9.78 Å². The number of ether oxygens (including phenoxy) is 4. The van der Waals surface area contributed by atoms with E-state index in [9.17, 15) is 4.79 Å². The first kappa shape index (κ1) is 25.6. The zero-order valence-corrected chi connectivity index (χ0v) is 21.3. The van der Waals surface area contributed by atoms with Crippen LogP contribution in [-0.4, -0.2) is 36.0 Å². The zero-order chi connectivity index (χ0) is 26.0. The Morgan fingerprint density at radius 1 is 0.838 bits per heavy atom. The number of carbonyl (C=O) groups excluding carboxylic acids is 1. The van der Waals surface area contributed by atoms with Crippen molar-refractivity contribution in [2.45, 2.75) is 27.0 Å². The fraction of sp³-hybridized carbons (Fsp3) is 0.241. The standard InChI is InChI=1S/C29H31N3O5/c1-4-35-27-15-8-22(16-28(27)36-5-2)18-32-19-24(17-30-32)31-29(33)23-9-6-21(7-10-23)20-37-26-13-11-25(34-3)12-14-26/h6-17,19H,4-5,18,20H2,1-3H3,(H,31,33). The predicted molar refractivity (Wildman–Crippen MR) is 142 cm³/mol. The third-order valence-corrected chi connectivity index (χ3v) is 5.52. The van der Waals surface area contributed by atoms with Crippen LogP contribution in [0.1, 0.15) is 35.3 Å². The zero-order valence-electron chi connectivity index (χ0n) is 21.3. The summed E-state index contributed by atoms with van der Waals surface area (Å²) in [5.41, 5.74) is 3.14. The van der Waals surface area contributed by atoms with Gasteiger partial charge in [0.15, 0.2) is 11.5 Å². The smallest absolute Gasteiger partial charge is 0.255 e. The molecule has 3 aromatic carbocycles. The topological polar surface area (TPSA) is 83.8 Å². The van der Waals surface area contributed by atoms with Crippen LogP contribution in [0, 0.1) is 0 Å². The number of amides is 1. The van der Waals surface area contributed by atoms with Gasteiger partial charge in [-0.25, -0.2) is 0 Å². The lowest BCUT2D eigenvalue weighted by atomic mass is 10.1. The number of carbonyl (C=O) groups is 1. The van der Waals surface area contributed by atoms with E-state index >= 15 is 0 Å². The van der Waals surface area contributed by atoms with Crippen molar-refractivity contribution >= 4 is 11.6 Å². The molecule has 0 aliphatic heterocycles. The molecule has 0 saturated heterocycles. The van der Waals surface area contributed by atoms with Gasteiger partial charge in [-0.05, 0) is 73.5 Å². The maximum absolute atomic E-state index is 12.7. The van der Waals surface area contributed by atoms with Crippen LogP contribution in [0.5, 0.6) is 23.0 Å². The lowest BCUT2D eigenvalue weighted by Gasteiger charge is -2.12. The fourth-order valence-electron chi connectivity index (χ4n) is 3.69. The molecule has 37 heavy (non-hydrogen) atoms. The Balaban J connectivity index is 1.32. The van der Waals surface area contributed by atoms with E-state index in [-0.39, 0.29) is 5.91 Å². The van der Waals surface area contributed by atoms with E-state index in [1.807, 2.05) is 68.4 Å². The first-order chi connectivity index (χ1) is 18.1. The third-order valence-electron chi connectivity index (χ3n) is 5.52. The van der Waals surface area contributed by atoms with Gasteiger partial charge < -0.3 is 24.3 Å². The summed E-state index contributed by atoms with van der Waals surface area (Å²) in [6.45, 7) is 5.94. The van der Waals surface area contributed by atoms with Crippen LogP contribution in [0.2, 0.25) is 0 Å². The summed E-state index contributed by atoms with van der Waals surface area (Å²) < 4.78 is 24.0. The molecule has 1 heterocycles. The van der Waals surface area contributed by atoms with Crippen LogP contribution in [0.3, 0.4) is 0 Å². The fourth-order valence-corrected chi connectivity index (χ4v) is 3.69. The molecule has 8 heteroatoms. The van der Waals surface area contributed by atoms with Crippen molar-refractivity contribution in [2.24, 2.45) is 0 Å². The Bertz CT molecular complexity index is 1300. The van der Waals surface area contributed by atoms with E-state index in [1.165, 1.54) is 0 Å². The monoisotopic (exact) mass is 501 g/mol. The highest BCUT2D eigenvalue weighted by Gasteiger charge is 2.10. The number of nitrogens with one attached hydrogen (secondary N) is 1. The summed E-state index contributed by atoms with van der Waals surface area (Å²) in [4.78, 5) is 12.7. The minimum Gasteiger partial charge on any atom is -0.497 e. The van der Waals surface area contributed by atoms with Gasteiger partial charge in [0.2, 0.25) is 0 Å². The third kappa shape index (κ3) is 7.04. The molecule has 1 N–H and O–H groups in total. The Labute approximate surface area is 216 Å². The van der Waals surface area contributed by atoms with Crippen molar-refractivity contribution in [3.63, 3.8) is 0 Å². The Kier molecular flexibility index (Phi) is 8.65. The van der Waals surface area contributed by atoms with Crippen LogP contribution in [0.15, 0.2) is 79.1 Å². The molecule has 0 atom stereocenters. The minimum atomic E-state index is -0.207. The van der Waals surface area contributed by atoms with E-state index in [2.05, 4.69) is 10.4 Å². The highest BCUT2D eigenvalue weighted by molar-refractivity contribution is 6.04. The van der Waals surface area contributed by atoms with Crippen molar-refractivity contribution in [1.29, 1.82) is 0 Å². The number of methoxy groups -OCH3 is 1. The van der Waals surface area contributed by atoms with Gasteiger partial charge in [0.05, 0.1) is 38.8 Å². The van der Waals surface area contributed by atoms with E-state index in [4.69, 9.17) is 18.9 Å². The Morgan fingerprint density at radius 3 is 2.22 bits per heavy atom. The molecule has 192 valence electrons. The Hall–Kier alpha value is -4.46. The van der Waals surface area contributed by atoms with Crippen molar-refractivity contribution < 1.29 is 23.7 Å². The van der Waals surface area contributed by atoms with Crippen molar-refractivity contribution in [3.8, 4) is 23.0 Å². The van der Waals surface area contributed by atoms with E-state index in [1.54, 1.807) is 36.3 Å². The molecule has 1 amide bonds. The SMILES string of the molecule is CCOc1ccc(Cn2cc(NC(=O)c3ccc(COc4ccc(OC)cc4)cc3)cn2)cc1OCC. The molecule has 4 rings (SSSR count). The summed E-state index contributed by atoms with van der Waals surface area (Å²) in [6.07, 6.45) is 3.43. The summed E-state index contributed by atoms with van der Waals surface area (Å²) in [5, 5.41) is 7.28. The molecule has 1 aromatic heterocycles. The second-order valence-electron chi connectivity index (χ2n) is 8.19. The maximum atomic E-state index is 12.7. The normalized spacial score (nSPS) is 10.6. The predicted octanol–water partition coefficient (Wildman–Crippen LogP) is 5.57. The lowest BCUT2D eigenvalue weighted by molar-refractivity contribution is 0.102. The van der Waals surface area contributed by atoms with Crippen LogP contribution in [0.4, 0.5) is 5.69 Å². The van der Waals surface area contributed by atoms with Crippen LogP contribution < -0.4 is 24.3 Å². The van der Waals surface area contributed by atoms with Gasteiger partial charge in [-0.2, -0.15) is 5.10 Å². The van der Waals surface area contributed by atoms with E-state index < -0.39 is 0 Å². The average molecular weight is 502 g/mol. The molecular weight excluding hydrogens is 470 g/mol. The highest BCUT2D eigenvalue weighted by atomic mass is 16.5. The van der Waals surface area contributed by atoms with Gasteiger partial charge in [-0.1, -0.05) is 18.2 Å². The second-order valence-corrected chi connectivity index (χ2v) is 8.19. The largest absolute Gasteiger partial charge is 0.497 e. The number of benzene rings is 3. The van der Waals surface area contributed by atoms with Crippen LogP contribution in [0.25, 0.3) is 0 Å². The Morgan fingerprint density at radius 2 is 1.51 bits per heavy atom. The number of anilines is 1. The summed E-state index contributed by atoms with van der Waals surface area (Å²) in [5.74, 6) is 2.75. The summed E-state index contributed by atoms with van der Waals surface area (Å²) in [6, 6.07) is 20.6. The number of nitrogens with zero attached hydrogens (tertiary/aromatic N) is 2. The molecule has 8 nitrogen and oxygen atoms in total. The van der Waals surface area contributed by atoms with Gasteiger partial charge in [0.1, 0.15) is 18.1 Å². The second kappa shape index (κ2) is 12.5. The first-order valence-electron chi connectivity index (χ1n) is 12.2. The number of hydrogen-bond acceptors (Lipinski definition) is 6. The first-order valence-corrected chi connectivity index (χ1v) is 12.2. The molecule has 0 fully saturated rings. The molecule has 0 unspecified atom stereocenters. The summed E-state index contributed by atoms with van der Waals surface area (Å²) >= 11 is 0. The molecule has 0 bridgehead atoms. The molecule has 4 aromatic rings. The molecular formula is C29H31N3O5.